The van der Waals surface area contributed by atoms with Gasteiger partial charge < -0.3 is 15.2 Å². The summed E-state index contributed by atoms with van der Waals surface area (Å²) in [7, 11) is 0. The van der Waals surface area contributed by atoms with Crippen molar-refractivity contribution in [2.45, 2.75) is 65.7 Å². The van der Waals surface area contributed by atoms with Gasteiger partial charge in [0.05, 0.1) is 12.1 Å². The molecule has 0 aromatic rings. The summed E-state index contributed by atoms with van der Waals surface area (Å²) in [5, 5.41) is 12.2. The first-order valence-corrected chi connectivity index (χ1v) is 5.79. The van der Waals surface area contributed by atoms with Crippen LogP contribution in [-0.2, 0) is 4.74 Å². The predicted molar refractivity (Wildman–Crippen MR) is 64.3 cm³/mol. The second kappa shape index (κ2) is 6.09. The summed E-state index contributed by atoms with van der Waals surface area (Å²) >= 11 is 0. The number of hydrogen-bond acceptors (Lipinski definition) is 3. The zero-order valence-electron chi connectivity index (χ0n) is 11.2. The van der Waals surface area contributed by atoms with E-state index in [-0.39, 0.29) is 6.04 Å². The number of carbonyl (C=O) groups is 1. The van der Waals surface area contributed by atoms with E-state index in [2.05, 4.69) is 5.32 Å². The number of aliphatic hydroxyl groups is 1. The van der Waals surface area contributed by atoms with Crippen LogP contribution in [0.5, 0.6) is 0 Å². The van der Waals surface area contributed by atoms with Crippen molar-refractivity contribution in [3.05, 3.63) is 0 Å². The van der Waals surface area contributed by atoms with Gasteiger partial charge in [-0.3, -0.25) is 0 Å². The molecule has 0 saturated heterocycles. The van der Waals surface area contributed by atoms with E-state index in [1.807, 2.05) is 34.6 Å². The summed E-state index contributed by atoms with van der Waals surface area (Å²) in [4.78, 5) is 11.5. The van der Waals surface area contributed by atoms with Gasteiger partial charge in [0.1, 0.15) is 5.60 Å². The number of alkyl carbamates (subject to hydrolysis) is 1. The van der Waals surface area contributed by atoms with Crippen LogP contribution in [0.2, 0.25) is 0 Å². The Hall–Kier alpha value is -0.770. The highest BCUT2D eigenvalue weighted by atomic mass is 16.6. The number of rotatable bonds is 4. The van der Waals surface area contributed by atoms with Crippen LogP contribution in [-0.4, -0.2) is 28.9 Å². The van der Waals surface area contributed by atoms with Crippen molar-refractivity contribution < 1.29 is 14.6 Å². The molecule has 0 aliphatic carbocycles. The average molecular weight is 231 g/mol. The topological polar surface area (TPSA) is 58.6 Å². The monoisotopic (exact) mass is 231 g/mol. The van der Waals surface area contributed by atoms with Crippen LogP contribution in [0.25, 0.3) is 0 Å². The number of hydrogen-bond donors (Lipinski definition) is 2. The Morgan fingerprint density at radius 1 is 1.31 bits per heavy atom. The lowest BCUT2D eigenvalue weighted by Gasteiger charge is -2.26. The van der Waals surface area contributed by atoms with Crippen LogP contribution in [0.15, 0.2) is 0 Å². The third kappa shape index (κ3) is 7.51. The largest absolute Gasteiger partial charge is 0.444 e. The Labute approximate surface area is 98.4 Å². The van der Waals surface area contributed by atoms with Crippen LogP contribution in [0, 0.1) is 5.92 Å². The molecule has 0 unspecified atom stereocenters. The van der Waals surface area contributed by atoms with Crippen molar-refractivity contribution in [2.75, 3.05) is 0 Å². The van der Waals surface area contributed by atoms with E-state index in [1.54, 1.807) is 6.92 Å². The molecule has 0 aliphatic heterocycles. The summed E-state index contributed by atoms with van der Waals surface area (Å²) < 4.78 is 5.14. The van der Waals surface area contributed by atoms with Crippen molar-refractivity contribution in [1.82, 2.24) is 5.32 Å². The second-order valence-electron chi connectivity index (χ2n) is 5.62. The maximum Gasteiger partial charge on any atom is 0.407 e. The first kappa shape index (κ1) is 15.2. The van der Waals surface area contributed by atoms with Gasteiger partial charge >= 0.3 is 6.09 Å². The molecule has 0 radical (unpaired) electrons. The molecule has 16 heavy (non-hydrogen) atoms. The summed E-state index contributed by atoms with van der Waals surface area (Å²) in [6.45, 7) is 11.2. The fourth-order valence-electron chi connectivity index (χ4n) is 1.34. The Morgan fingerprint density at radius 3 is 2.12 bits per heavy atom. The molecule has 0 aliphatic rings. The third-order valence-corrected chi connectivity index (χ3v) is 2.01. The maximum atomic E-state index is 11.5. The standard InChI is InChI=1S/C12H25NO3/c1-8(2)7-10(9(3)14)13-11(15)16-12(4,5)6/h8-10,14H,7H2,1-6H3,(H,13,15)/t9-,10-/m0/s1. The number of nitrogens with one attached hydrogen (secondary N) is 1. The van der Waals surface area contributed by atoms with Gasteiger partial charge in [-0.05, 0) is 40.0 Å². The minimum absolute atomic E-state index is 0.255. The van der Waals surface area contributed by atoms with Crippen molar-refractivity contribution in [3.8, 4) is 0 Å². The molecule has 0 aromatic carbocycles. The van der Waals surface area contributed by atoms with Gasteiger partial charge in [-0.1, -0.05) is 13.8 Å². The van der Waals surface area contributed by atoms with Gasteiger partial charge in [-0.15, -0.1) is 0 Å². The van der Waals surface area contributed by atoms with E-state index >= 15 is 0 Å². The highest BCUT2D eigenvalue weighted by molar-refractivity contribution is 5.68. The van der Waals surface area contributed by atoms with Crippen molar-refractivity contribution >= 4 is 6.09 Å². The number of aliphatic hydroxyl groups excluding tert-OH is 1. The zero-order chi connectivity index (χ0) is 12.9. The fraction of sp³-hybridized carbons (Fsp3) is 0.917. The zero-order valence-corrected chi connectivity index (χ0v) is 11.2. The first-order valence-electron chi connectivity index (χ1n) is 5.79. The highest BCUT2D eigenvalue weighted by Crippen LogP contribution is 2.11. The molecule has 1 amide bonds. The minimum atomic E-state index is -0.574. The lowest BCUT2D eigenvalue weighted by molar-refractivity contribution is 0.0422. The van der Waals surface area contributed by atoms with Gasteiger partial charge in [0.15, 0.2) is 0 Å². The van der Waals surface area contributed by atoms with Crippen LogP contribution in [0.4, 0.5) is 4.79 Å². The minimum Gasteiger partial charge on any atom is -0.444 e. The molecule has 96 valence electrons. The Morgan fingerprint density at radius 2 is 1.81 bits per heavy atom. The molecule has 0 heterocycles. The quantitative estimate of drug-likeness (QED) is 0.780. The normalized spacial score (nSPS) is 15.8. The van der Waals surface area contributed by atoms with Crippen LogP contribution < -0.4 is 5.32 Å². The Balaban J connectivity index is 4.24. The summed E-state index contributed by atoms with van der Waals surface area (Å²) in [6, 6.07) is -0.255. The van der Waals surface area contributed by atoms with E-state index in [9.17, 15) is 9.90 Å². The molecule has 0 fully saturated rings. The van der Waals surface area contributed by atoms with Crippen molar-refractivity contribution in [1.29, 1.82) is 0 Å². The van der Waals surface area contributed by atoms with Crippen LogP contribution in [0.1, 0.15) is 48.0 Å². The number of ether oxygens (including phenoxy) is 1. The van der Waals surface area contributed by atoms with Gasteiger partial charge in [-0.25, -0.2) is 4.79 Å². The highest BCUT2D eigenvalue weighted by Gasteiger charge is 2.22. The molecule has 4 heteroatoms. The van der Waals surface area contributed by atoms with Gasteiger partial charge in [0, 0.05) is 0 Å². The first-order chi connectivity index (χ1) is 7.11. The lowest BCUT2D eigenvalue weighted by atomic mass is 10.0. The summed E-state index contributed by atoms with van der Waals surface area (Å²) in [6.07, 6.45) is -0.314. The molecule has 4 nitrogen and oxygen atoms in total. The summed E-state index contributed by atoms with van der Waals surface area (Å²) in [5.74, 6) is 0.412. The molecule has 2 atom stereocenters. The van der Waals surface area contributed by atoms with E-state index in [0.717, 1.165) is 6.42 Å². The van der Waals surface area contributed by atoms with Crippen molar-refractivity contribution in [3.63, 3.8) is 0 Å². The molecule has 0 aromatic heterocycles. The third-order valence-electron chi connectivity index (χ3n) is 2.01. The van der Waals surface area contributed by atoms with E-state index < -0.39 is 17.8 Å². The van der Waals surface area contributed by atoms with E-state index in [1.165, 1.54) is 0 Å². The SMILES string of the molecule is CC(C)C[C@H](NC(=O)OC(C)(C)C)[C@H](C)O. The van der Waals surface area contributed by atoms with Crippen LogP contribution in [0.3, 0.4) is 0 Å². The molecule has 0 saturated carbocycles. The van der Waals surface area contributed by atoms with Crippen molar-refractivity contribution in [2.24, 2.45) is 5.92 Å². The fourth-order valence-corrected chi connectivity index (χ4v) is 1.34. The predicted octanol–water partition coefficient (Wildman–Crippen LogP) is 2.31. The Kier molecular flexibility index (Phi) is 5.79. The molecular weight excluding hydrogens is 206 g/mol. The maximum absolute atomic E-state index is 11.5. The smallest absolute Gasteiger partial charge is 0.407 e. The number of carbonyl (C=O) groups excluding carboxylic acids is 1. The lowest BCUT2D eigenvalue weighted by Crippen LogP contribution is -2.45. The van der Waals surface area contributed by atoms with Gasteiger partial charge in [-0.2, -0.15) is 0 Å². The average Bonchev–Trinajstić information content (AvgIpc) is 1.97. The Bertz CT molecular complexity index is 219. The van der Waals surface area contributed by atoms with Crippen LogP contribution >= 0.6 is 0 Å². The summed E-state index contributed by atoms with van der Waals surface area (Å²) in [5.41, 5.74) is -0.509. The molecule has 0 spiro atoms. The van der Waals surface area contributed by atoms with Gasteiger partial charge in [0.2, 0.25) is 0 Å². The second-order valence-corrected chi connectivity index (χ2v) is 5.62. The van der Waals surface area contributed by atoms with E-state index in [0.29, 0.717) is 5.92 Å². The molecule has 0 rings (SSSR count). The molecule has 0 bridgehead atoms. The van der Waals surface area contributed by atoms with Gasteiger partial charge in [0.25, 0.3) is 0 Å². The molecule has 2 N–H and O–H groups in total. The van der Waals surface area contributed by atoms with E-state index in [4.69, 9.17) is 4.74 Å². The molecular formula is C12H25NO3. The number of amides is 1.